The number of hydrogen-bond acceptors (Lipinski definition) is 6. The molecule has 1 saturated heterocycles. The summed E-state index contributed by atoms with van der Waals surface area (Å²) in [6.45, 7) is 3.18. The molecule has 0 bridgehead atoms. The fourth-order valence-corrected chi connectivity index (χ4v) is 4.82. The Morgan fingerprint density at radius 3 is 2.76 bits per heavy atom. The number of carbonyl (C=O) groups excluding carboxylic acids is 1. The Balaban J connectivity index is 1.48. The van der Waals surface area contributed by atoms with E-state index in [0.29, 0.717) is 48.3 Å². The van der Waals surface area contributed by atoms with Crippen LogP contribution < -0.4 is 4.90 Å². The van der Waals surface area contributed by atoms with Crippen molar-refractivity contribution >= 4 is 39.0 Å². The lowest BCUT2D eigenvalue weighted by molar-refractivity contribution is 0.0689. The maximum absolute atomic E-state index is 13.0. The average Bonchev–Trinajstić information content (AvgIpc) is 3.27. The Morgan fingerprint density at radius 2 is 2.07 bits per heavy atom. The quantitative estimate of drug-likeness (QED) is 0.633. The van der Waals surface area contributed by atoms with Crippen LogP contribution in [-0.4, -0.2) is 49.5 Å². The van der Waals surface area contributed by atoms with Crippen LogP contribution in [0.2, 0.25) is 0 Å². The molecule has 1 fully saturated rings. The Bertz CT molecular complexity index is 1180. The number of Topliss-reactive ketones (excluding diaryl/α,β-unsaturated/α-hetero) is 1. The number of rotatable bonds is 2. The molecule has 0 saturated carbocycles. The predicted octanol–water partition coefficient (Wildman–Crippen LogP) is 2.92. The molecule has 1 spiro atoms. The molecule has 0 unspecified atom stereocenters. The van der Waals surface area contributed by atoms with Crippen molar-refractivity contribution in [3.8, 4) is 0 Å². The summed E-state index contributed by atoms with van der Waals surface area (Å²) >= 11 is 3.45. The van der Waals surface area contributed by atoms with Gasteiger partial charge in [-0.1, -0.05) is 0 Å². The SMILES string of the molecule is Cc1nc(N2CCC3(CC2)Cc2ncccc2C3=O)c2cc(C(=O)O)nn2c1Br. The molecule has 8 nitrogen and oxygen atoms in total. The summed E-state index contributed by atoms with van der Waals surface area (Å²) in [4.78, 5) is 35.7. The van der Waals surface area contributed by atoms with E-state index >= 15 is 0 Å². The second-order valence-corrected chi connectivity index (χ2v) is 8.47. The fraction of sp³-hybridized carbons (Fsp3) is 0.350. The lowest BCUT2D eigenvalue weighted by Gasteiger charge is -2.38. The topological polar surface area (TPSA) is 101 Å². The molecular weight excluding hydrogens is 438 g/mol. The first-order chi connectivity index (χ1) is 13.9. The zero-order valence-corrected chi connectivity index (χ0v) is 17.3. The molecule has 9 heteroatoms. The van der Waals surface area contributed by atoms with Crippen LogP contribution in [0.25, 0.3) is 5.52 Å². The second kappa shape index (κ2) is 6.35. The van der Waals surface area contributed by atoms with Gasteiger partial charge in [-0.3, -0.25) is 9.78 Å². The monoisotopic (exact) mass is 455 g/mol. The van der Waals surface area contributed by atoms with Gasteiger partial charge in [-0.25, -0.2) is 14.3 Å². The van der Waals surface area contributed by atoms with Crippen LogP contribution in [0.1, 0.15) is 45.1 Å². The first-order valence-electron chi connectivity index (χ1n) is 9.42. The molecular formula is C20H18BrN5O3. The van der Waals surface area contributed by atoms with Gasteiger partial charge in [-0.15, -0.1) is 0 Å². The predicted molar refractivity (Wildman–Crippen MR) is 109 cm³/mol. The van der Waals surface area contributed by atoms with Crippen molar-refractivity contribution in [2.24, 2.45) is 5.41 Å². The average molecular weight is 456 g/mol. The van der Waals surface area contributed by atoms with Crippen LogP contribution in [-0.2, 0) is 6.42 Å². The third kappa shape index (κ3) is 2.67. The molecule has 0 amide bonds. The molecule has 1 aliphatic carbocycles. The zero-order valence-electron chi connectivity index (χ0n) is 15.7. The van der Waals surface area contributed by atoms with Crippen molar-refractivity contribution in [1.82, 2.24) is 19.6 Å². The number of hydrogen-bond donors (Lipinski definition) is 1. The highest BCUT2D eigenvalue weighted by atomic mass is 79.9. The Hall–Kier alpha value is -2.81. The summed E-state index contributed by atoms with van der Waals surface area (Å²) in [5.41, 5.74) is 2.59. The molecule has 3 aromatic heterocycles. The van der Waals surface area contributed by atoms with E-state index < -0.39 is 5.97 Å². The summed E-state index contributed by atoms with van der Waals surface area (Å²) in [5.74, 6) is -0.187. The van der Waals surface area contributed by atoms with E-state index in [0.717, 1.165) is 17.0 Å². The molecule has 1 aliphatic heterocycles. The van der Waals surface area contributed by atoms with Gasteiger partial charge in [0.25, 0.3) is 0 Å². The van der Waals surface area contributed by atoms with Gasteiger partial charge in [0, 0.05) is 42.8 Å². The second-order valence-electron chi connectivity index (χ2n) is 7.71. The molecule has 148 valence electrons. The highest BCUT2D eigenvalue weighted by Crippen LogP contribution is 2.44. The summed E-state index contributed by atoms with van der Waals surface area (Å²) in [5, 5.41) is 13.5. The highest BCUT2D eigenvalue weighted by Gasteiger charge is 2.48. The van der Waals surface area contributed by atoms with Crippen LogP contribution >= 0.6 is 15.9 Å². The maximum Gasteiger partial charge on any atom is 0.356 e. The molecule has 0 aromatic carbocycles. The van der Waals surface area contributed by atoms with Crippen LogP contribution in [0.4, 0.5) is 5.82 Å². The number of ketones is 1. The smallest absolute Gasteiger partial charge is 0.356 e. The van der Waals surface area contributed by atoms with Gasteiger partial charge in [0.05, 0.1) is 11.4 Å². The minimum Gasteiger partial charge on any atom is -0.476 e. The minimum atomic E-state index is -1.08. The first-order valence-corrected chi connectivity index (χ1v) is 10.2. The van der Waals surface area contributed by atoms with Gasteiger partial charge < -0.3 is 10.0 Å². The largest absolute Gasteiger partial charge is 0.476 e. The lowest BCUT2D eigenvalue weighted by Crippen LogP contribution is -2.43. The standard InChI is InChI=1S/C20H18BrN5O3/c1-11-17(21)26-15(9-13(24-26)19(28)29)18(23-11)25-7-4-20(5-8-25)10-14-12(16(20)27)3-2-6-22-14/h2-3,6,9H,4-5,7-8,10H2,1H3,(H,28,29). The van der Waals surface area contributed by atoms with Gasteiger partial charge in [-0.05, 0) is 47.8 Å². The number of carbonyl (C=O) groups is 2. The number of aromatic nitrogens is 4. The van der Waals surface area contributed by atoms with Crippen molar-refractivity contribution in [2.75, 3.05) is 18.0 Å². The molecule has 0 radical (unpaired) electrons. The Labute approximate surface area is 174 Å². The number of carboxylic acids is 1. The Morgan fingerprint density at radius 1 is 1.31 bits per heavy atom. The van der Waals surface area contributed by atoms with E-state index in [9.17, 15) is 14.7 Å². The van der Waals surface area contributed by atoms with Gasteiger partial charge >= 0.3 is 5.97 Å². The number of anilines is 1. The summed E-state index contributed by atoms with van der Waals surface area (Å²) in [6, 6.07) is 5.23. The van der Waals surface area contributed by atoms with Crippen molar-refractivity contribution in [3.63, 3.8) is 0 Å². The van der Waals surface area contributed by atoms with E-state index in [1.807, 2.05) is 19.1 Å². The van der Waals surface area contributed by atoms with Gasteiger partial charge in [0.1, 0.15) is 10.1 Å². The van der Waals surface area contributed by atoms with E-state index in [1.165, 1.54) is 0 Å². The number of carboxylic acid groups (broad SMARTS) is 1. The van der Waals surface area contributed by atoms with Gasteiger partial charge in [0.2, 0.25) is 0 Å². The van der Waals surface area contributed by atoms with Gasteiger partial charge in [0.15, 0.2) is 17.3 Å². The number of nitrogens with zero attached hydrogens (tertiary/aromatic N) is 5. The highest BCUT2D eigenvalue weighted by molar-refractivity contribution is 9.10. The van der Waals surface area contributed by atoms with E-state index in [4.69, 9.17) is 4.98 Å². The first kappa shape index (κ1) is 18.2. The number of piperidine rings is 1. The van der Waals surface area contributed by atoms with E-state index in [2.05, 4.69) is 30.9 Å². The summed E-state index contributed by atoms with van der Waals surface area (Å²) in [6.07, 6.45) is 3.86. The summed E-state index contributed by atoms with van der Waals surface area (Å²) in [7, 11) is 0. The molecule has 1 N–H and O–H groups in total. The molecule has 3 aromatic rings. The number of fused-ring (bicyclic) bond motifs is 2. The zero-order chi connectivity index (χ0) is 20.3. The normalized spacial score (nSPS) is 17.9. The fourth-order valence-electron chi connectivity index (χ4n) is 4.47. The third-order valence-corrected chi connectivity index (χ3v) is 6.97. The van der Waals surface area contributed by atoms with Crippen molar-refractivity contribution < 1.29 is 14.7 Å². The molecule has 0 atom stereocenters. The summed E-state index contributed by atoms with van der Waals surface area (Å²) < 4.78 is 2.20. The lowest BCUT2D eigenvalue weighted by atomic mass is 9.75. The van der Waals surface area contributed by atoms with Crippen molar-refractivity contribution in [2.45, 2.75) is 26.2 Å². The molecule has 5 rings (SSSR count). The molecule has 29 heavy (non-hydrogen) atoms. The Kier molecular flexibility index (Phi) is 3.99. The number of aromatic carboxylic acids is 1. The number of pyridine rings is 1. The molecule has 2 aliphatic rings. The van der Waals surface area contributed by atoms with E-state index in [1.54, 1.807) is 16.8 Å². The number of aryl methyl sites for hydroxylation is 1. The van der Waals surface area contributed by atoms with Crippen LogP contribution in [0, 0.1) is 12.3 Å². The van der Waals surface area contributed by atoms with Gasteiger partial charge in [-0.2, -0.15) is 5.10 Å². The number of halogens is 1. The van der Waals surface area contributed by atoms with Crippen LogP contribution in [0.15, 0.2) is 29.0 Å². The minimum absolute atomic E-state index is 0.0275. The third-order valence-electron chi connectivity index (χ3n) is 6.06. The molecule has 4 heterocycles. The van der Waals surface area contributed by atoms with Crippen LogP contribution in [0.3, 0.4) is 0 Å². The van der Waals surface area contributed by atoms with Crippen molar-refractivity contribution in [3.05, 3.63) is 51.6 Å². The van der Waals surface area contributed by atoms with E-state index in [-0.39, 0.29) is 16.9 Å². The maximum atomic E-state index is 13.0. The van der Waals surface area contributed by atoms with Crippen LogP contribution in [0.5, 0.6) is 0 Å². The van der Waals surface area contributed by atoms with Crippen molar-refractivity contribution in [1.29, 1.82) is 0 Å².